The summed E-state index contributed by atoms with van der Waals surface area (Å²) in [5.74, 6) is 0. The number of rotatable bonds is 4. The summed E-state index contributed by atoms with van der Waals surface area (Å²) in [7, 11) is 2.00. The highest BCUT2D eigenvalue weighted by molar-refractivity contribution is 5.11. The van der Waals surface area contributed by atoms with E-state index in [1.165, 1.54) is 0 Å². The van der Waals surface area contributed by atoms with Crippen LogP contribution in [0.3, 0.4) is 0 Å². The average molecular weight is 292 g/mol. The van der Waals surface area contributed by atoms with Gasteiger partial charge >= 0.3 is 6.18 Å². The van der Waals surface area contributed by atoms with Gasteiger partial charge in [0.25, 0.3) is 0 Å². The maximum atomic E-state index is 12.5. The van der Waals surface area contributed by atoms with Crippen LogP contribution in [-0.4, -0.2) is 64.4 Å². The van der Waals surface area contributed by atoms with Crippen LogP contribution in [0.5, 0.6) is 0 Å². The summed E-state index contributed by atoms with van der Waals surface area (Å²) >= 11 is 0. The largest absolute Gasteiger partial charge is 0.435 e. The van der Waals surface area contributed by atoms with Crippen molar-refractivity contribution in [1.82, 2.24) is 20.0 Å². The third-order valence-corrected chi connectivity index (χ3v) is 3.64. The fourth-order valence-electron chi connectivity index (χ4n) is 2.44. The van der Waals surface area contributed by atoms with Crippen molar-refractivity contribution < 1.29 is 18.3 Å². The predicted molar refractivity (Wildman–Crippen MR) is 67.0 cm³/mol. The second kappa shape index (κ2) is 6.11. The molecule has 0 bridgehead atoms. The second-order valence-corrected chi connectivity index (χ2v) is 5.16. The van der Waals surface area contributed by atoms with Crippen LogP contribution in [-0.2, 0) is 12.7 Å². The van der Waals surface area contributed by atoms with Gasteiger partial charge in [-0.2, -0.15) is 18.3 Å². The molecule has 1 unspecified atom stereocenters. The topological polar surface area (TPSA) is 55.4 Å². The zero-order chi connectivity index (χ0) is 14.8. The van der Waals surface area contributed by atoms with Crippen LogP contribution in [0.25, 0.3) is 0 Å². The maximum absolute atomic E-state index is 12.5. The van der Waals surface area contributed by atoms with E-state index in [0.717, 1.165) is 25.7 Å². The monoisotopic (exact) mass is 292 g/mol. The fraction of sp³-hybridized carbons (Fsp3) is 0.750. The third-order valence-electron chi connectivity index (χ3n) is 3.64. The number of alkyl halides is 3. The van der Waals surface area contributed by atoms with E-state index < -0.39 is 11.9 Å². The minimum absolute atomic E-state index is 0.116. The van der Waals surface area contributed by atoms with E-state index in [-0.39, 0.29) is 12.6 Å². The van der Waals surface area contributed by atoms with Crippen molar-refractivity contribution in [3.8, 4) is 0 Å². The Kier molecular flexibility index (Phi) is 4.66. The summed E-state index contributed by atoms with van der Waals surface area (Å²) in [4.78, 5) is 4.24. The van der Waals surface area contributed by atoms with Crippen LogP contribution in [0.15, 0.2) is 6.07 Å². The van der Waals surface area contributed by atoms with Crippen LogP contribution in [0.2, 0.25) is 0 Å². The highest BCUT2D eigenvalue weighted by Gasteiger charge is 2.34. The van der Waals surface area contributed by atoms with Gasteiger partial charge < -0.3 is 10.0 Å². The molecule has 1 aliphatic heterocycles. The Morgan fingerprint density at radius 2 is 2.20 bits per heavy atom. The summed E-state index contributed by atoms with van der Waals surface area (Å²) in [6.07, 6.45) is -3.74. The molecule has 2 heterocycles. The Labute approximate surface area is 115 Å². The Morgan fingerprint density at radius 1 is 1.45 bits per heavy atom. The molecular weight excluding hydrogens is 273 g/mol. The molecule has 0 amide bonds. The zero-order valence-corrected chi connectivity index (χ0v) is 11.3. The Hall–Kier alpha value is -1.12. The molecule has 1 fully saturated rings. The highest BCUT2D eigenvalue weighted by atomic mass is 19.4. The molecule has 0 aliphatic carbocycles. The van der Waals surface area contributed by atoms with Gasteiger partial charge in [-0.1, -0.05) is 0 Å². The summed E-state index contributed by atoms with van der Waals surface area (Å²) in [6, 6.07) is 1.29. The smallest absolute Gasteiger partial charge is 0.396 e. The summed E-state index contributed by atoms with van der Waals surface area (Å²) < 4.78 is 37.4. The summed E-state index contributed by atoms with van der Waals surface area (Å²) in [5.41, 5.74) is -0.418. The summed E-state index contributed by atoms with van der Waals surface area (Å²) in [6.45, 7) is 2.89. The van der Waals surface area contributed by atoms with Crippen molar-refractivity contribution in [2.45, 2.75) is 25.2 Å². The maximum Gasteiger partial charge on any atom is 0.435 e. The molecule has 114 valence electrons. The van der Waals surface area contributed by atoms with Crippen molar-refractivity contribution in [2.75, 3.05) is 33.3 Å². The molecule has 2 rings (SSSR count). The molecule has 0 saturated carbocycles. The zero-order valence-electron chi connectivity index (χ0n) is 11.3. The first-order chi connectivity index (χ1) is 9.40. The third kappa shape index (κ3) is 3.71. The lowest BCUT2D eigenvalue weighted by Crippen LogP contribution is -2.51. The molecule has 2 N–H and O–H groups in total. The highest BCUT2D eigenvalue weighted by Crippen LogP contribution is 2.28. The van der Waals surface area contributed by atoms with Crippen molar-refractivity contribution in [3.05, 3.63) is 17.5 Å². The number of aromatic nitrogens is 2. The van der Waals surface area contributed by atoms with Crippen molar-refractivity contribution >= 4 is 0 Å². The van der Waals surface area contributed by atoms with Gasteiger partial charge in [0.05, 0.1) is 0 Å². The van der Waals surface area contributed by atoms with Gasteiger partial charge in [-0.05, 0) is 19.5 Å². The van der Waals surface area contributed by atoms with Crippen molar-refractivity contribution in [3.63, 3.8) is 0 Å². The second-order valence-electron chi connectivity index (χ2n) is 5.16. The van der Waals surface area contributed by atoms with E-state index in [1.807, 2.05) is 7.05 Å². The number of aromatic amines is 1. The van der Waals surface area contributed by atoms with E-state index in [9.17, 15) is 13.2 Å². The van der Waals surface area contributed by atoms with Crippen LogP contribution < -0.4 is 0 Å². The van der Waals surface area contributed by atoms with Crippen LogP contribution in [0, 0.1) is 0 Å². The minimum Gasteiger partial charge on any atom is -0.396 e. The first-order valence-electron chi connectivity index (χ1n) is 6.55. The number of aliphatic hydroxyl groups is 1. The molecular formula is C12H19F3N4O. The molecule has 0 aromatic carbocycles. The average Bonchev–Trinajstić information content (AvgIpc) is 2.82. The van der Waals surface area contributed by atoms with E-state index in [0.29, 0.717) is 18.7 Å². The quantitative estimate of drug-likeness (QED) is 0.867. The van der Waals surface area contributed by atoms with Gasteiger partial charge in [-0.25, -0.2) is 0 Å². The number of hydrogen-bond acceptors (Lipinski definition) is 4. The van der Waals surface area contributed by atoms with E-state index in [1.54, 1.807) is 0 Å². The van der Waals surface area contributed by atoms with Crippen molar-refractivity contribution in [1.29, 1.82) is 0 Å². The van der Waals surface area contributed by atoms with Gasteiger partial charge in [0, 0.05) is 44.5 Å². The minimum atomic E-state index is -4.41. The molecule has 1 aromatic heterocycles. The molecule has 0 spiro atoms. The number of nitrogens with one attached hydrogen (secondary N) is 1. The SMILES string of the molecule is CN1CCN(Cc2cc(C(F)(F)F)n[nH]2)CC1CCO. The standard InChI is InChI=1S/C12H19F3N4O/c1-18-3-4-19(8-10(18)2-5-20)7-9-6-11(17-16-9)12(13,14)15/h6,10,20H,2-5,7-8H2,1H3,(H,16,17). The van der Waals surface area contributed by atoms with Crippen LogP contribution >= 0.6 is 0 Å². The molecule has 1 aromatic rings. The lowest BCUT2D eigenvalue weighted by molar-refractivity contribution is -0.141. The number of aliphatic hydroxyl groups excluding tert-OH is 1. The number of piperazine rings is 1. The molecule has 8 heteroatoms. The molecule has 0 radical (unpaired) electrons. The number of hydrogen-bond donors (Lipinski definition) is 2. The normalized spacial score (nSPS) is 22.4. The number of nitrogens with zero attached hydrogens (tertiary/aromatic N) is 3. The van der Waals surface area contributed by atoms with Crippen molar-refractivity contribution in [2.24, 2.45) is 0 Å². The number of H-pyrrole nitrogens is 1. The molecule has 20 heavy (non-hydrogen) atoms. The van der Waals surface area contributed by atoms with Gasteiger partial charge in [0.1, 0.15) is 0 Å². The fourth-order valence-corrected chi connectivity index (χ4v) is 2.44. The number of halogens is 3. The predicted octanol–water partition coefficient (Wildman–Crippen LogP) is 0.927. The lowest BCUT2D eigenvalue weighted by atomic mass is 10.1. The molecule has 1 aliphatic rings. The molecule has 1 atom stereocenters. The van der Waals surface area contributed by atoms with Gasteiger partial charge in [-0.3, -0.25) is 10.00 Å². The van der Waals surface area contributed by atoms with Crippen LogP contribution in [0.1, 0.15) is 17.8 Å². The molecule has 1 saturated heterocycles. The van der Waals surface area contributed by atoms with Gasteiger partial charge in [-0.15, -0.1) is 0 Å². The summed E-state index contributed by atoms with van der Waals surface area (Å²) in [5, 5.41) is 14.8. The van der Waals surface area contributed by atoms with E-state index in [2.05, 4.69) is 20.0 Å². The van der Waals surface area contributed by atoms with E-state index in [4.69, 9.17) is 5.11 Å². The van der Waals surface area contributed by atoms with Gasteiger partial charge in [0.15, 0.2) is 5.69 Å². The molecule has 5 nitrogen and oxygen atoms in total. The Balaban J connectivity index is 1.94. The Morgan fingerprint density at radius 3 is 2.80 bits per heavy atom. The van der Waals surface area contributed by atoms with Crippen LogP contribution in [0.4, 0.5) is 13.2 Å². The first kappa shape index (κ1) is 15.3. The van der Waals surface area contributed by atoms with Gasteiger partial charge in [0.2, 0.25) is 0 Å². The lowest BCUT2D eigenvalue weighted by Gasteiger charge is -2.39. The Bertz CT molecular complexity index is 435. The first-order valence-corrected chi connectivity index (χ1v) is 6.55. The number of likely N-dealkylation sites (N-methyl/N-ethyl adjacent to an activating group) is 1. The van der Waals surface area contributed by atoms with E-state index >= 15 is 0 Å².